The topological polar surface area (TPSA) is 119 Å². The molecule has 1 aliphatic heterocycles. The van der Waals surface area contributed by atoms with Gasteiger partial charge in [-0.15, -0.1) is 11.3 Å². The molecule has 37 heavy (non-hydrogen) atoms. The van der Waals surface area contributed by atoms with Crippen LogP contribution in [0.1, 0.15) is 5.56 Å². The van der Waals surface area contributed by atoms with Gasteiger partial charge in [0.15, 0.2) is 5.58 Å². The molecule has 9 nitrogen and oxygen atoms in total. The molecule has 0 bridgehead atoms. The molecule has 3 heterocycles. The first-order valence-electron chi connectivity index (χ1n) is 11.7. The Morgan fingerprint density at radius 2 is 2.19 bits per heavy atom. The Morgan fingerprint density at radius 3 is 2.97 bits per heavy atom. The third-order valence-electron chi connectivity index (χ3n) is 6.47. The van der Waals surface area contributed by atoms with E-state index in [2.05, 4.69) is 16.7 Å². The van der Waals surface area contributed by atoms with E-state index < -0.39 is 29.6 Å². The standard InChI is InChI=1S/C26H25FN4O5S/c1-31-20-7-14(3-4-21(20)36-26(31)33)23-8-16-5-15(19(27)9-24(16)37-23)6-17(10-28)30-25(32)22-12-29-11-18(34-2)13-35-22/h3-5,7-9,17-18,22,29H,6,11-13H2,1-2H3,(H,30,32)/t17-,18?,22-/m1/s1. The van der Waals surface area contributed by atoms with Crippen molar-refractivity contribution in [3.05, 3.63) is 58.3 Å². The van der Waals surface area contributed by atoms with Crippen LogP contribution in [0, 0.1) is 17.1 Å². The molecule has 3 atom stereocenters. The zero-order valence-corrected chi connectivity index (χ0v) is 21.1. The number of aromatic nitrogens is 1. The lowest BCUT2D eigenvalue weighted by atomic mass is 10.0. The number of fused-ring (bicyclic) bond motifs is 2. The molecule has 0 saturated carbocycles. The van der Waals surface area contributed by atoms with Crippen LogP contribution in [-0.4, -0.2) is 55.5 Å². The Hall–Kier alpha value is -3.56. The number of nitrogens with zero attached hydrogens (tertiary/aromatic N) is 2. The molecule has 1 aliphatic rings. The average molecular weight is 525 g/mol. The highest BCUT2D eigenvalue weighted by Crippen LogP contribution is 2.36. The molecule has 1 saturated heterocycles. The molecule has 5 rings (SSSR count). The maximum Gasteiger partial charge on any atom is 0.419 e. The number of ether oxygens (including phenoxy) is 2. The number of halogens is 1. The first kappa shape index (κ1) is 25.1. The average Bonchev–Trinajstić information content (AvgIpc) is 3.31. The summed E-state index contributed by atoms with van der Waals surface area (Å²) < 4.78 is 33.3. The van der Waals surface area contributed by atoms with Gasteiger partial charge in [-0.1, -0.05) is 0 Å². The van der Waals surface area contributed by atoms with Crippen molar-refractivity contribution >= 4 is 38.4 Å². The Kier molecular flexibility index (Phi) is 7.08. The number of nitrogens with one attached hydrogen (secondary N) is 2. The Morgan fingerprint density at radius 1 is 1.35 bits per heavy atom. The van der Waals surface area contributed by atoms with Gasteiger partial charge in [-0.3, -0.25) is 9.36 Å². The number of amides is 1. The monoisotopic (exact) mass is 524 g/mol. The Balaban J connectivity index is 1.34. The highest BCUT2D eigenvalue weighted by atomic mass is 32.1. The first-order valence-corrected chi connectivity index (χ1v) is 12.5. The summed E-state index contributed by atoms with van der Waals surface area (Å²) in [5.74, 6) is -1.31. The molecular weight excluding hydrogens is 499 g/mol. The van der Waals surface area contributed by atoms with Crippen LogP contribution in [0.25, 0.3) is 31.6 Å². The summed E-state index contributed by atoms with van der Waals surface area (Å²) in [5.41, 5.74) is 2.38. The van der Waals surface area contributed by atoms with E-state index in [0.717, 1.165) is 20.5 Å². The van der Waals surface area contributed by atoms with Gasteiger partial charge < -0.3 is 24.5 Å². The highest BCUT2D eigenvalue weighted by Gasteiger charge is 2.26. The molecule has 0 radical (unpaired) electrons. The third kappa shape index (κ3) is 5.14. The molecular formula is C26H25FN4O5S. The van der Waals surface area contributed by atoms with E-state index in [-0.39, 0.29) is 19.1 Å². The number of benzene rings is 2. The number of nitriles is 1. The van der Waals surface area contributed by atoms with Crippen molar-refractivity contribution in [2.75, 3.05) is 26.8 Å². The maximum atomic E-state index is 15.0. The Bertz CT molecular complexity index is 1570. The number of rotatable bonds is 6. The molecule has 1 amide bonds. The minimum atomic E-state index is -0.924. The number of carbonyl (C=O) groups is 1. The number of methoxy groups -OCH3 is 1. The normalized spacial score (nSPS) is 19.0. The predicted octanol–water partition coefficient (Wildman–Crippen LogP) is 2.71. The number of carbonyl (C=O) groups excluding carboxylic acids is 1. The number of aryl methyl sites for hydroxylation is 1. The minimum Gasteiger partial charge on any atom is -0.408 e. The summed E-state index contributed by atoms with van der Waals surface area (Å²) >= 11 is 1.43. The molecule has 0 spiro atoms. The lowest BCUT2D eigenvalue weighted by Crippen LogP contribution is -2.46. The highest BCUT2D eigenvalue weighted by molar-refractivity contribution is 7.22. The van der Waals surface area contributed by atoms with Crippen LogP contribution in [0.15, 0.2) is 45.6 Å². The van der Waals surface area contributed by atoms with Crippen molar-refractivity contribution in [1.29, 1.82) is 5.26 Å². The second-order valence-electron chi connectivity index (χ2n) is 8.93. The summed E-state index contributed by atoms with van der Waals surface area (Å²) in [4.78, 5) is 25.4. The van der Waals surface area contributed by atoms with Gasteiger partial charge >= 0.3 is 5.76 Å². The number of hydrogen-bond donors (Lipinski definition) is 2. The van der Waals surface area contributed by atoms with Crippen LogP contribution in [0.3, 0.4) is 0 Å². The van der Waals surface area contributed by atoms with Crippen molar-refractivity contribution in [2.24, 2.45) is 7.05 Å². The van der Waals surface area contributed by atoms with E-state index in [1.807, 2.05) is 18.2 Å². The van der Waals surface area contributed by atoms with Gasteiger partial charge in [-0.2, -0.15) is 5.26 Å². The second-order valence-corrected chi connectivity index (χ2v) is 10.0. The predicted molar refractivity (Wildman–Crippen MR) is 137 cm³/mol. The lowest BCUT2D eigenvalue weighted by molar-refractivity contribution is -0.133. The van der Waals surface area contributed by atoms with Gasteiger partial charge in [0.2, 0.25) is 0 Å². The van der Waals surface area contributed by atoms with Crippen LogP contribution in [0.2, 0.25) is 0 Å². The molecule has 1 unspecified atom stereocenters. The van der Waals surface area contributed by atoms with Crippen LogP contribution >= 0.6 is 11.3 Å². The summed E-state index contributed by atoms with van der Waals surface area (Å²) in [5, 5.41) is 16.2. The molecule has 2 N–H and O–H groups in total. The molecule has 2 aromatic carbocycles. The van der Waals surface area contributed by atoms with Crippen LogP contribution in [-0.2, 0) is 27.7 Å². The summed E-state index contributed by atoms with van der Waals surface area (Å²) in [6.45, 7) is 1.11. The fourth-order valence-electron chi connectivity index (χ4n) is 4.34. The van der Waals surface area contributed by atoms with Gasteiger partial charge in [0.25, 0.3) is 5.91 Å². The zero-order valence-electron chi connectivity index (χ0n) is 20.2. The molecule has 0 aliphatic carbocycles. The van der Waals surface area contributed by atoms with Crippen LogP contribution < -0.4 is 16.4 Å². The SMILES string of the molecule is COC1CNC[C@H](C(=O)N[C@@H](C#N)Cc2cc3cc(-c4ccc5oc(=O)n(C)c5c4)sc3cc2F)OC1. The Labute approximate surface area is 215 Å². The summed E-state index contributed by atoms with van der Waals surface area (Å²) in [7, 11) is 3.22. The molecule has 192 valence electrons. The van der Waals surface area contributed by atoms with Gasteiger partial charge in [0.05, 0.1) is 24.3 Å². The van der Waals surface area contributed by atoms with Crippen molar-refractivity contribution < 1.29 is 23.1 Å². The number of oxazole rings is 1. The second kappa shape index (κ2) is 10.4. The number of hydrogen-bond acceptors (Lipinski definition) is 8. The van der Waals surface area contributed by atoms with E-state index in [0.29, 0.717) is 29.8 Å². The van der Waals surface area contributed by atoms with Crippen molar-refractivity contribution in [3.63, 3.8) is 0 Å². The van der Waals surface area contributed by atoms with Gasteiger partial charge in [0.1, 0.15) is 18.0 Å². The van der Waals surface area contributed by atoms with E-state index in [4.69, 9.17) is 13.9 Å². The number of thiophene rings is 1. The zero-order chi connectivity index (χ0) is 26.1. The minimum absolute atomic E-state index is 0.0130. The molecule has 4 aromatic rings. The van der Waals surface area contributed by atoms with Crippen molar-refractivity contribution in [1.82, 2.24) is 15.2 Å². The van der Waals surface area contributed by atoms with E-state index >= 15 is 4.39 Å². The lowest BCUT2D eigenvalue weighted by Gasteiger charge is -2.18. The summed E-state index contributed by atoms with van der Waals surface area (Å²) in [6, 6.07) is 11.7. The van der Waals surface area contributed by atoms with Crippen LogP contribution in [0.4, 0.5) is 4.39 Å². The summed E-state index contributed by atoms with van der Waals surface area (Å²) in [6.07, 6.45) is -0.914. The largest absolute Gasteiger partial charge is 0.419 e. The molecule has 1 fully saturated rings. The first-order chi connectivity index (χ1) is 17.9. The fourth-order valence-corrected chi connectivity index (χ4v) is 5.40. The van der Waals surface area contributed by atoms with Crippen molar-refractivity contribution in [3.8, 4) is 16.5 Å². The van der Waals surface area contributed by atoms with Gasteiger partial charge in [-0.25, -0.2) is 9.18 Å². The third-order valence-corrected chi connectivity index (χ3v) is 7.62. The molecule has 11 heteroatoms. The quantitative estimate of drug-likeness (QED) is 0.398. The van der Waals surface area contributed by atoms with E-state index in [9.17, 15) is 14.9 Å². The fraction of sp³-hybridized carbons (Fsp3) is 0.346. The van der Waals surface area contributed by atoms with Crippen molar-refractivity contribution in [2.45, 2.75) is 24.7 Å². The van der Waals surface area contributed by atoms with E-state index in [1.54, 1.807) is 26.3 Å². The van der Waals surface area contributed by atoms with E-state index in [1.165, 1.54) is 22.0 Å². The van der Waals surface area contributed by atoms with Crippen LogP contribution in [0.5, 0.6) is 0 Å². The van der Waals surface area contributed by atoms with Gasteiger partial charge in [0, 0.05) is 43.2 Å². The smallest absolute Gasteiger partial charge is 0.408 e. The molecule has 2 aromatic heterocycles. The van der Waals surface area contributed by atoms with Gasteiger partial charge in [-0.05, 0) is 52.9 Å². The maximum absolute atomic E-state index is 15.0.